The van der Waals surface area contributed by atoms with Crippen LogP contribution in [0.3, 0.4) is 0 Å². The van der Waals surface area contributed by atoms with Gasteiger partial charge in [0.1, 0.15) is 5.15 Å². The number of nitrogens with one attached hydrogen (secondary N) is 1. The minimum absolute atomic E-state index is 0.113. The summed E-state index contributed by atoms with van der Waals surface area (Å²) >= 11 is 8.04. The van der Waals surface area contributed by atoms with Crippen molar-refractivity contribution in [2.45, 2.75) is 39.7 Å². The van der Waals surface area contributed by atoms with Crippen molar-refractivity contribution in [1.82, 2.24) is 15.1 Å². The molecule has 2 aromatic rings. The van der Waals surface area contributed by atoms with E-state index in [2.05, 4.69) is 23.4 Å². The number of carbonyl (C=O) groups is 1. The minimum atomic E-state index is -0.113. The average Bonchev–Trinajstić information content (AvgIpc) is 3.12. The molecule has 0 fully saturated rings. The largest absolute Gasteiger partial charge is 0.352 e. The Hall–Kier alpha value is -1.59. The number of carbonyl (C=O) groups excluding carboxylic acids is 1. The Morgan fingerprint density at radius 3 is 3.04 bits per heavy atom. The lowest BCUT2D eigenvalue weighted by atomic mass is 10.2. The van der Waals surface area contributed by atoms with Gasteiger partial charge < -0.3 is 5.32 Å². The van der Waals surface area contributed by atoms with E-state index in [1.165, 1.54) is 11.0 Å². The lowest BCUT2D eigenvalue weighted by molar-refractivity contribution is -0.116. The number of hydrogen-bond donors (Lipinski definition) is 1. The van der Waals surface area contributed by atoms with Crippen LogP contribution >= 0.6 is 22.9 Å². The summed E-state index contributed by atoms with van der Waals surface area (Å²) in [5.41, 5.74) is 1.66. The first-order valence-electron chi connectivity index (χ1n) is 7.83. The first-order valence-corrected chi connectivity index (χ1v) is 9.08. The number of thiophene rings is 1. The second-order valence-corrected chi connectivity index (χ2v) is 6.71. The Labute approximate surface area is 146 Å². The summed E-state index contributed by atoms with van der Waals surface area (Å²) < 4.78 is 1.80. The summed E-state index contributed by atoms with van der Waals surface area (Å²) in [5, 5.41) is 9.94. The van der Waals surface area contributed by atoms with Crippen LogP contribution in [0.5, 0.6) is 0 Å². The van der Waals surface area contributed by atoms with Crippen LogP contribution in [0.25, 0.3) is 6.08 Å². The van der Waals surface area contributed by atoms with Gasteiger partial charge in [-0.15, -0.1) is 11.3 Å². The van der Waals surface area contributed by atoms with E-state index in [0.29, 0.717) is 11.7 Å². The highest BCUT2D eigenvalue weighted by Crippen LogP contribution is 2.21. The van der Waals surface area contributed by atoms with Crippen LogP contribution in [0, 0.1) is 6.92 Å². The van der Waals surface area contributed by atoms with Gasteiger partial charge in [-0.05, 0) is 37.3 Å². The standard InChI is InChI=1S/C17H22ClN3OS/c1-3-4-11-21-17(18)15(13(2)20-21)7-8-16(22)19-10-9-14-6-5-12-23-14/h5-8,12H,3-4,9-11H2,1-2H3,(H,19,22)/b8-7+. The van der Waals surface area contributed by atoms with E-state index >= 15 is 0 Å². The van der Waals surface area contributed by atoms with Crippen molar-refractivity contribution in [3.63, 3.8) is 0 Å². The van der Waals surface area contributed by atoms with Crippen LogP contribution in [0.1, 0.15) is 35.9 Å². The lowest BCUT2D eigenvalue weighted by Gasteiger charge is -2.01. The van der Waals surface area contributed by atoms with Gasteiger partial charge in [-0.1, -0.05) is 31.0 Å². The molecule has 1 amide bonds. The molecule has 0 radical (unpaired) electrons. The van der Waals surface area contributed by atoms with Gasteiger partial charge in [-0.2, -0.15) is 5.10 Å². The highest BCUT2D eigenvalue weighted by atomic mass is 35.5. The van der Waals surface area contributed by atoms with E-state index in [-0.39, 0.29) is 5.91 Å². The van der Waals surface area contributed by atoms with Gasteiger partial charge in [0.2, 0.25) is 5.91 Å². The first kappa shape index (κ1) is 17.8. The lowest BCUT2D eigenvalue weighted by Crippen LogP contribution is -2.23. The van der Waals surface area contributed by atoms with Gasteiger partial charge >= 0.3 is 0 Å². The van der Waals surface area contributed by atoms with E-state index in [1.807, 2.05) is 18.4 Å². The molecule has 0 aliphatic carbocycles. The molecule has 23 heavy (non-hydrogen) atoms. The van der Waals surface area contributed by atoms with Crippen molar-refractivity contribution in [1.29, 1.82) is 0 Å². The molecule has 0 saturated carbocycles. The highest BCUT2D eigenvalue weighted by molar-refractivity contribution is 7.09. The summed E-state index contributed by atoms with van der Waals surface area (Å²) in [6.45, 7) is 5.47. The van der Waals surface area contributed by atoms with Gasteiger partial charge in [-0.25, -0.2) is 0 Å². The molecule has 0 saturated heterocycles. The van der Waals surface area contributed by atoms with Gasteiger partial charge in [0.15, 0.2) is 0 Å². The molecule has 124 valence electrons. The van der Waals surface area contributed by atoms with E-state index in [9.17, 15) is 4.79 Å². The number of aryl methyl sites for hydroxylation is 2. The van der Waals surface area contributed by atoms with Crippen LogP contribution in [-0.2, 0) is 17.8 Å². The normalized spacial score (nSPS) is 11.3. The minimum Gasteiger partial charge on any atom is -0.352 e. The number of halogens is 1. The summed E-state index contributed by atoms with van der Waals surface area (Å²) in [5.74, 6) is -0.113. The maximum atomic E-state index is 11.9. The Morgan fingerprint density at radius 2 is 2.35 bits per heavy atom. The summed E-state index contributed by atoms with van der Waals surface area (Å²) in [7, 11) is 0. The van der Waals surface area contributed by atoms with E-state index in [4.69, 9.17) is 11.6 Å². The van der Waals surface area contributed by atoms with E-state index in [1.54, 1.807) is 22.1 Å². The predicted molar refractivity (Wildman–Crippen MR) is 96.9 cm³/mol. The van der Waals surface area contributed by atoms with Crippen LogP contribution in [-0.4, -0.2) is 22.2 Å². The van der Waals surface area contributed by atoms with Crippen LogP contribution in [0.2, 0.25) is 5.15 Å². The molecule has 2 rings (SSSR count). The fourth-order valence-corrected chi connectivity index (χ4v) is 3.23. The quantitative estimate of drug-likeness (QED) is 0.728. The molecule has 0 aliphatic heterocycles. The molecule has 0 aliphatic rings. The molecular weight excluding hydrogens is 330 g/mol. The maximum Gasteiger partial charge on any atom is 0.244 e. The molecule has 0 atom stereocenters. The Morgan fingerprint density at radius 1 is 1.52 bits per heavy atom. The zero-order chi connectivity index (χ0) is 16.7. The Kier molecular flexibility index (Phi) is 6.86. The van der Waals surface area contributed by atoms with Crippen molar-refractivity contribution in [2.75, 3.05) is 6.54 Å². The molecule has 2 heterocycles. The molecule has 0 bridgehead atoms. The number of unbranched alkanes of at least 4 members (excludes halogenated alkanes) is 1. The third-order valence-electron chi connectivity index (χ3n) is 3.48. The summed E-state index contributed by atoms with van der Waals surface area (Å²) in [4.78, 5) is 13.2. The fourth-order valence-electron chi connectivity index (χ4n) is 2.19. The fraction of sp³-hybridized carbons (Fsp3) is 0.412. The molecule has 0 unspecified atom stereocenters. The second kappa shape index (κ2) is 8.89. The Balaban J connectivity index is 1.88. The number of hydrogen-bond acceptors (Lipinski definition) is 3. The molecule has 1 N–H and O–H groups in total. The summed E-state index contributed by atoms with van der Waals surface area (Å²) in [6, 6.07) is 4.09. The van der Waals surface area contributed by atoms with E-state index in [0.717, 1.165) is 37.1 Å². The second-order valence-electron chi connectivity index (χ2n) is 5.32. The monoisotopic (exact) mass is 351 g/mol. The predicted octanol–water partition coefficient (Wildman–Crippen LogP) is 4.08. The number of rotatable bonds is 8. The average molecular weight is 352 g/mol. The van der Waals surface area contributed by atoms with Gasteiger partial charge in [0.25, 0.3) is 0 Å². The van der Waals surface area contributed by atoms with Gasteiger partial charge in [-0.3, -0.25) is 9.48 Å². The summed E-state index contributed by atoms with van der Waals surface area (Å²) in [6.07, 6.45) is 6.24. The van der Waals surface area contributed by atoms with E-state index < -0.39 is 0 Å². The maximum absolute atomic E-state index is 11.9. The smallest absolute Gasteiger partial charge is 0.244 e. The van der Waals surface area contributed by atoms with Crippen molar-refractivity contribution in [2.24, 2.45) is 0 Å². The third-order valence-corrected chi connectivity index (χ3v) is 4.82. The SMILES string of the molecule is CCCCn1nc(C)c(/C=C/C(=O)NCCc2cccs2)c1Cl. The molecule has 4 nitrogen and oxygen atoms in total. The number of nitrogens with zero attached hydrogens (tertiary/aromatic N) is 2. The third kappa shape index (κ3) is 5.22. The zero-order valence-electron chi connectivity index (χ0n) is 13.5. The highest BCUT2D eigenvalue weighted by Gasteiger charge is 2.10. The van der Waals surface area contributed by atoms with Crippen molar-refractivity contribution in [3.8, 4) is 0 Å². The van der Waals surface area contributed by atoms with Gasteiger partial charge in [0.05, 0.1) is 5.69 Å². The number of aromatic nitrogens is 2. The van der Waals surface area contributed by atoms with Crippen molar-refractivity contribution < 1.29 is 4.79 Å². The molecule has 0 spiro atoms. The van der Waals surface area contributed by atoms with Crippen LogP contribution < -0.4 is 5.32 Å². The van der Waals surface area contributed by atoms with Gasteiger partial charge in [0, 0.05) is 29.6 Å². The first-order chi connectivity index (χ1) is 11.1. The molecule has 6 heteroatoms. The Bertz CT molecular complexity index is 662. The van der Waals surface area contributed by atoms with Crippen LogP contribution in [0.4, 0.5) is 0 Å². The molecule has 0 aromatic carbocycles. The van der Waals surface area contributed by atoms with Crippen molar-refractivity contribution in [3.05, 3.63) is 44.9 Å². The topological polar surface area (TPSA) is 46.9 Å². The number of amides is 1. The molecular formula is C17H22ClN3OS. The van der Waals surface area contributed by atoms with Crippen LogP contribution in [0.15, 0.2) is 23.6 Å². The molecule has 2 aromatic heterocycles. The van der Waals surface area contributed by atoms with Crippen molar-refractivity contribution >= 4 is 34.9 Å². The zero-order valence-corrected chi connectivity index (χ0v) is 15.1.